The summed E-state index contributed by atoms with van der Waals surface area (Å²) in [5.74, 6) is 0.581. The molecule has 6 aromatic rings. The van der Waals surface area contributed by atoms with Crippen molar-refractivity contribution >= 4 is 35.0 Å². The van der Waals surface area contributed by atoms with E-state index in [-0.39, 0.29) is 17.9 Å². The maximum absolute atomic E-state index is 13.5. The molecular formula is C46H47N7O4. The predicted molar refractivity (Wildman–Crippen MR) is 226 cm³/mol. The lowest BCUT2D eigenvalue weighted by atomic mass is 9.88. The lowest BCUT2D eigenvalue weighted by Gasteiger charge is -2.31. The van der Waals surface area contributed by atoms with Gasteiger partial charge in [-0.15, -0.1) is 0 Å². The number of H-pyrrole nitrogens is 1. The molecule has 1 saturated heterocycles. The molecule has 11 heteroatoms. The summed E-state index contributed by atoms with van der Waals surface area (Å²) in [6, 6.07) is 41.8. The molecular weight excluding hydrogens is 715 g/mol. The van der Waals surface area contributed by atoms with E-state index in [9.17, 15) is 14.4 Å². The molecule has 0 radical (unpaired) electrons. The number of nitrogens with zero attached hydrogens (tertiary/aromatic N) is 2. The number of anilines is 3. The largest absolute Gasteiger partial charge is 0.446 e. The highest BCUT2D eigenvalue weighted by atomic mass is 16.6. The van der Waals surface area contributed by atoms with E-state index >= 15 is 0 Å². The van der Waals surface area contributed by atoms with E-state index in [1.54, 1.807) is 36.7 Å². The van der Waals surface area contributed by atoms with Crippen LogP contribution in [0.4, 0.5) is 21.9 Å². The minimum Gasteiger partial charge on any atom is -0.446 e. The molecule has 5 N–H and O–H groups in total. The van der Waals surface area contributed by atoms with Crippen LogP contribution in [0.2, 0.25) is 0 Å². The van der Waals surface area contributed by atoms with Gasteiger partial charge in [-0.25, -0.2) is 9.78 Å². The van der Waals surface area contributed by atoms with Crippen molar-refractivity contribution in [3.05, 3.63) is 146 Å². The van der Waals surface area contributed by atoms with Crippen molar-refractivity contribution in [1.29, 1.82) is 0 Å². The summed E-state index contributed by atoms with van der Waals surface area (Å²) < 4.78 is 5.99. The van der Waals surface area contributed by atoms with E-state index in [1.807, 2.05) is 60.7 Å². The van der Waals surface area contributed by atoms with E-state index in [1.165, 1.54) is 0 Å². The maximum atomic E-state index is 13.5. The molecule has 3 amide bonds. The van der Waals surface area contributed by atoms with Crippen molar-refractivity contribution in [2.24, 2.45) is 0 Å². The fraction of sp³-hybridized carbons (Fsp3) is 0.217. The Bertz CT molecular complexity index is 2240. The van der Waals surface area contributed by atoms with Crippen molar-refractivity contribution in [2.75, 3.05) is 42.1 Å². The number of likely N-dealkylation sites (tertiary alicyclic amines) is 1. The number of hydrogen-bond donors (Lipinski definition) is 5. The van der Waals surface area contributed by atoms with Gasteiger partial charge in [0, 0.05) is 68.4 Å². The number of hydrogen-bond acceptors (Lipinski definition) is 7. The highest BCUT2D eigenvalue weighted by Gasteiger charge is 2.24. The number of carbonyl (C=O) groups excluding carboxylic acids is 3. The Balaban J connectivity index is 0.894. The van der Waals surface area contributed by atoms with Gasteiger partial charge >= 0.3 is 6.09 Å². The first kappa shape index (κ1) is 38.7. The summed E-state index contributed by atoms with van der Waals surface area (Å²) in [6.45, 7) is 3.07. The predicted octanol–water partition coefficient (Wildman–Crippen LogP) is 8.57. The number of piperidine rings is 1. The van der Waals surface area contributed by atoms with E-state index in [4.69, 9.17) is 4.74 Å². The number of carbonyl (C=O) groups is 3. The van der Waals surface area contributed by atoms with Crippen molar-refractivity contribution in [3.63, 3.8) is 0 Å². The first-order valence-electron chi connectivity index (χ1n) is 19.4. The Labute approximate surface area is 332 Å². The molecule has 1 aliphatic heterocycles. The third kappa shape index (κ3) is 10.8. The molecule has 0 aliphatic carbocycles. The molecule has 7 rings (SSSR count). The van der Waals surface area contributed by atoms with Gasteiger partial charge in [-0.1, -0.05) is 103 Å². The number of ether oxygens (including phenoxy) is 1. The van der Waals surface area contributed by atoms with E-state index in [2.05, 4.69) is 78.6 Å². The zero-order chi connectivity index (χ0) is 39.2. The Hall–Kier alpha value is -6.56. The zero-order valence-electron chi connectivity index (χ0n) is 31.7. The molecule has 0 saturated carbocycles. The number of rotatable bonds is 15. The molecule has 5 aromatic carbocycles. The van der Waals surface area contributed by atoms with Gasteiger partial charge in [-0.3, -0.25) is 14.9 Å². The Morgan fingerprint density at radius 1 is 0.684 bits per heavy atom. The van der Waals surface area contributed by atoms with Gasteiger partial charge < -0.3 is 30.6 Å². The number of aromatic amines is 1. The average Bonchev–Trinajstić information content (AvgIpc) is 3.77. The Morgan fingerprint density at radius 3 is 1.98 bits per heavy atom. The van der Waals surface area contributed by atoms with Gasteiger partial charge in [-0.2, -0.15) is 0 Å². The van der Waals surface area contributed by atoms with E-state index < -0.39 is 6.09 Å². The summed E-state index contributed by atoms with van der Waals surface area (Å²) in [5.41, 5.74) is 8.06. The minimum absolute atomic E-state index is 0.110. The van der Waals surface area contributed by atoms with Crippen LogP contribution in [0.25, 0.3) is 33.4 Å². The van der Waals surface area contributed by atoms with Gasteiger partial charge in [0.2, 0.25) is 11.8 Å². The van der Waals surface area contributed by atoms with Gasteiger partial charge in [0.25, 0.3) is 0 Å². The first-order valence-corrected chi connectivity index (χ1v) is 19.4. The molecule has 57 heavy (non-hydrogen) atoms. The molecule has 1 aromatic heterocycles. The third-order valence-electron chi connectivity index (χ3n) is 9.94. The smallest absolute Gasteiger partial charge is 0.411 e. The summed E-state index contributed by atoms with van der Waals surface area (Å²) >= 11 is 0. The van der Waals surface area contributed by atoms with E-state index in [0.717, 1.165) is 39.2 Å². The van der Waals surface area contributed by atoms with Crippen LogP contribution in [-0.2, 0) is 20.9 Å². The maximum Gasteiger partial charge on any atom is 0.411 e. The van der Waals surface area contributed by atoms with Crippen LogP contribution in [0.5, 0.6) is 0 Å². The van der Waals surface area contributed by atoms with Crippen molar-refractivity contribution in [2.45, 2.75) is 38.3 Å². The van der Waals surface area contributed by atoms with Gasteiger partial charge in [0.1, 0.15) is 11.9 Å². The number of aromatic nitrogens is 2. The van der Waals surface area contributed by atoms with Crippen LogP contribution in [-0.4, -0.2) is 65.1 Å². The molecule has 11 nitrogen and oxygen atoms in total. The summed E-state index contributed by atoms with van der Waals surface area (Å²) in [4.78, 5) is 48.2. The number of amides is 3. The van der Waals surface area contributed by atoms with Crippen LogP contribution in [0.15, 0.2) is 140 Å². The molecule has 290 valence electrons. The van der Waals surface area contributed by atoms with Gasteiger partial charge in [0.05, 0.1) is 12.2 Å². The number of benzene rings is 5. The Morgan fingerprint density at radius 2 is 1.30 bits per heavy atom. The van der Waals surface area contributed by atoms with Crippen LogP contribution < -0.4 is 21.3 Å². The fourth-order valence-corrected chi connectivity index (χ4v) is 7.10. The average molecular weight is 762 g/mol. The molecule has 2 heterocycles. The monoisotopic (exact) mass is 761 g/mol. The second kappa shape index (κ2) is 19.3. The molecule has 0 spiro atoms. The zero-order valence-corrected chi connectivity index (χ0v) is 31.7. The second-order valence-corrected chi connectivity index (χ2v) is 14.0. The SMILES string of the molecule is O=C(CCNCc1ncc[nH]1)Nc1cccc(NC(=O)CCN2CCC(OC(=O)Nc3cccc(-c4ccccc4)c3-c3ccccc3-c3ccccc3)CC2)c1. The highest BCUT2D eigenvalue weighted by molar-refractivity contribution is 6.01. The third-order valence-corrected chi connectivity index (χ3v) is 9.94. The molecule has 1 fully saturated rings. The van der Waals surface area contributed by atoms with Crippen molar-refractivity contribution in [1.82, 2.24) is 20.2 Å². The number of imidazole rings is 1. The lowest BCUT2D eigenvalue weighted by molar-refractivity contribution is -0.117. The second-order valence-electron chi connectivity index (χ2n) is 14.0. The van der Waals surface area contributed by atoms with E-state index in [0.29, 0.717) is 75.5 Å². The lowest BCUT2D eigenvalue weighted by Crippen LogP contribution is -2.39. The van der Waals surface area contributed by atoms with Crippen molar-refractivity contribution in [3.8, 4) is 33.4 Å². The minimum atomic E-state index is -0.489. The summed E-state index contributed by atoms with van der Waals surface area (Å²) in [5, 5.41) is 12.1. The topological polar surface area (TPSA) is 140 Å². The summed E-state index contributed by atoms with van der Waals surface area (Å²) in [6.07, 6.45) is 4.67. The van der Waals surface area contributed by atoms with Crippen molar-refractivity contribution < 1.29 is 19.1 Å². The number of nitrogens with one attached hydrogen (secondary N) is 5. The molecule has 0 bridgehead atoms. The fourth-order valence-electron chi connectivity index (χ4n) is 7.10. The normalized spacial score (nSPS) is 13.1. The molecule has 1 aliphatic rings. The highest BCUT2D eigenvalue weighted by Crippen LogP contribution is 2.42. The standard InChI is InChI=1S/C46H47N7O4/c54-43(21-25-47-32-42-48-26-27-49-42)50-35-15-9-16-36(31-35)51-44(55)24-30-53-28-22-37(23-29-53)57-46(56)52-41-20-10-19-39(34-13-5-2-6-14-34)45(41)40-18-8-7-17-38(40)33-11-3-1-4-12-33/h1-20,26-27,31,37,47H,21-25,28-30,32H2,(H,48,49)(H,50,54)(H,51,55)(H,52,56). The van der Waals surface area contributed by atoms with Crippen LogP contribution in [0, 0.1) is 0 Å². The van der Waals surface area contributed by atoms with Crippen LogP contribution in [0.3, 0.4) is 0 Å². The molecule has 0 unspecified atom stereocenters. The summed E-state index contributed by atoms with van der Waals surface area (Å²) in [7, 11) is 0. The van der Waals surface area contributed by atoms with Crippen LogP contribution >= 0.6 is 0 Å². The molecule has 0 atom stereocenters. The quantitative estimate of drug-likeness (QED) is 0.0661. The first-order chi connectivity index (χ1) is 28.0. The van der Waals surface area contributed by atoms with Crippen LogP contribution in [0.1, 0.15) is 31.5 Å². The van der Waals surface area contributed by atoms with Gasteiger partial charge in [0.15, 0.2) is 0 Å². The Kier molecular flexibility index (Phi) is 13.1. The van der Waals surface area contributed by atoms with Gasteiger partial charge in [-0.05, 0) is 64.9 Å².